The van der Waals surface area contributed by atoms with Crippen LogP contribution in [0.5, 0.6) is 0 Å². The molecule has 8 heteroatoms. The fourth-order valence-electron chi connectivity index (χ4n) is 3.47. The molecule has 0 saturated carbocycles. The molecule has 0 bridgehead atoms. The molecule has 0 spiro atoms. The molecule has 3 aromatic rings. The summed E-state index contributed by atoms with van der Waals surface area (Å²) >= 11 is 12.5. The lowest BCUT2D eigenvalue weighted by Crippen LogP contribution is -2.30. The number of hydrogen-bond donors (Lipinski definition) is 1. The third kappa shape index (κ3) is 6.97. The molecular formula is C25H26Cl2N2O3S. The first kappa shape index (κ1) is 25.1. The van der Waals surface area contributed by atoms with E-state index in [0.29, 0.717) is 33.4 Å². The maximum Gasteiger partial charge on any atom is 0.251 e. The summed E-state index contributed by atoms with van der Waals surface area (Å²) in [7, 11) is -3.61. The molecule has 0 aliphatic heterocycles. The van der Waals surface area contributed by atoms with E-state index in [2.05, 4.69) is 30.4 Å². The molecule has 0 unspecified atom stereocenters. The summed E-state index contributed by atoms with van der Waals surface area (Å²) in [5.41, 5.74) is 3.86. The lowest BCUT2D eigenvalue weighted by molar-refractivity contribution is 0.0953. The molecule has 5 nitrogen and oxygen atoms in total. The second kappa shape index (κ2) is 11.1. The van der Waals surface area contributed by atoms with E-state index in [0.717, 1.165) is 19.1 Å². The van der Waals surface area contributed by atoms with Crippen molar-refractivity contribution in [3.05, 3.63) is 99.0 Å². The minimum Gasteiger partial charge on any atom is -0.352 e. The van der Waals surface area contributed by atoms with Gasteiger partial charge in [-0.2, -0.15) is 0 Å². The average molecular weight is 505 g/mol. The number of nitrogens with zero attached hydrogens (tertiary/aromatic N) is 1. The Labute approximate surface area is 205 Å². The van der Waals surface area contributed by atoms with E-state index in [1.807, 2.05) is 6.07 Å². The fourth-order valence-corrected chi connectivity index (χ4v) is 4.86. The molecule has 174 valence electrons. The highest BCUT2D eigenvalue weighted by Gasteiger charge is 2.21. The third-order valence-corrected chi connectivity index (χ3v) is 7.04. The number of aryl methyl sites for hydroxylation is 2. The molecule has 3 rings (SSSR count). The van der Waals surface area contributed by atoms with Crippen LogP contribution in [0, 0.1) is 6.92 Å². The number of amides is 1. The van der Waals surface area contributed by atoms with Gasteiger partial charge in [0.25, 0.3) is 5.91 Å². The molecule has 0 radical (unpaired) electrons. The van der Waals surface area contributed by atoms with Gasteiger partial charge in [0.1, 0.15) is 0 Å². The molecule has 33 heavy (non-hydrogen) atoms. The van der Waals surface area contributed by atoms with Gasteiger partial charge in [-0.15, -0.1) is 0 Å². The number of anilines is 1. The number of carbonyl (C=O) groups is 1. The maximum absolute atomic E-state index is 12.5. The Morgan fingerprint density at radius 3 is 2.21 bits per heavy atom. The van der Waals surface area contributed by atoms with Crippen LogP contribution in [0.25, 0.3) is 0 Å². The highest BCUT2D eigenvalue weighted by atomic mass is 35.5. The number of hydrogen-bond acceptors (Lipinski definition) is 3. The molecule has 1 amide bonds. The van der Waals surface area contributed by atoms with Crippen LogP contribution in [0.3, 0.4) is 0 Å². The monoisotopic (exact) mass is 504 g/mol. The number of benzene rings is 3. The normalized spacial score (nSPS) is 11.3. The van der Waals surface area contributed by atoms with Crippen LogP contribution in [0.1, 0.15) is 33.5 Å². The van der Waals surface area contributed by atoms with Crippen LogP contribution < -0.4 is 9.62 Å². The Morgan fingerprint density at radius 1 is 0.970 bits per heavy atom. The second-order valence-electron chi connectivity index (χ2n) is 7.87. The van der Waals surface area contributed by atoms with Gasteiger partial charge >= 0.3 is 0 Å². The number of rotatable bonds is 9. The van der Waals surface area contributed by atoms with Gasteiger partial charge in [-0.05, 0) is 61.7 Å². The van der Waals surface area contributed by atoms with Crippen molar-refractivity contribution in [2.45, 2.75) is 26.3 Å². The van der Waals surface area contributed by atoms with Crippen LogP contribution in [-0.2, 0) is 23.0 Å². The van der Waals surface area contributed by atoms with Gasteiger partial charge in [-0.1, -0.05) is 59.1 Å². The minimum atomic E-state index is -3.61. The molecule has 0 heterocycles. The van der Waals surface area contributed by atoms with E-state index in [-0.39, 0.29) is 12.5 Å². The predicted octanol–water partition coefficient (Wildman–Crippen LogP) is 5.63. The van der Waals surface area contributed by atoms with Crippen LogP contribution in [0.2, 0.25) is 10.0 Å². The van der Waals surface area contributed by atoms with Gasteiger partial charge in [0.15, 0.2) is 0 Å². The van der Waals surface area contributed by atoms with Gasteiger partial charge in [-0.3, -0.25) is 9.10 Å². The van der Waals surface area contributed by atoms with Crippen molar-refractivity contribution >= 4 is 44.8 Å². The summed E-state index contributed by atoms with van der Waals surface area (Å²) in [6, 6.07) is 19.8. The third-order valence-electron chi connectivity index (χ3n) is 5.19. The zero-order chi connectivity index (χ0) is 24.0. The van der Waals surface area contributed by atoms with Crippen molar-refractivity contribution in [2.75, 3.05) is 17.1 Å². The van der Waals surface area contributed by atoms with Gasteiger partial charge in [0, 0.05) is 27.7 Å². The van der Waals surface area contributed by atoms with Crippen molar-refractivity contribution in [3.63, 3.8) is 0 Å². The van der Waals surface area contributed by atoms with Crippen molar-refractivity contribution in [3.8, 4) is 0 Å². The standard InChI is InChI=1S/C25H26Cl2N2O3S/c1-18-6-3-7-19(16-18)8-5-15-28-25(30)20-11-13-21(14-12-20)29(33(2,31)32)17-22-23(26)9-4-10-24(22)27/h3-4,6-7,9-14,16H,5,8,15,17H2,1-2H3,(H,28,30). The highest BCUT2D eigenvalue weighted by molar-refractivity contribution is 7.92. The quantitative estimate of drug-likeness (QED) is 0.384. The first-order valence-corrected chi connectivity index (χ1v) is 13.1. The molecule has 0 aromatic heterocycles. The molecule has 3 aromatic carbocycles. The number of carbonyl (C=O) groups excluding carboxylic acids is 1. The number of sulfonamides is 1. The Balaban J connectivity index is 1.64. The first-order chi connectivity index (χ1) is 15.6. The lowest BCUT2D eigenvalue weighted by atomic mass is 10.1. The summed E-state index contributed by atoms with van der Waals surface area (Å²) in [6.45, 7) is 2.60. The summed E-state index contributed by atoms with van der Waals surface area (Å²) in [4.78, 5) is 12.5. The Hall–Kier alpha value is -2.54. The lowest BCUT2D eigenvalue weighted by Gasteiger charge is -2.23. The number of halogens is 2. The molecule has 0 saturated heterocycles. The average Bonchev–Trinajstić information content (AvgIpc) is 2.76. The van der Waals surface area contributed by atoms with Crippen molar-refractivity contribution < 1.29 is 13.2 Å². The van der Waals surface area contributed by atoms with E-state index in [1.54, 1.807) is 42.5 Å². The van der Waals surface area contributed by atoms with Crippen LogP contribution in [0.4, 0.5) is 5.69 Å². The molecule has 1 N–H and O–H groups in total. The summed E-state index contributed by atoms with van der Waals surface area (Å²) in [6.07, 6.45) is 2.83. The predicted molar refractivity (Wildman–Crippen MR) is 136 cm³/mol. The Morgan fingerprint density at radius 2 is 1.61 bits per heavy atom. The smallest absolute Gasteiger partial charge is 0.251 e. The molecule has 0 fully saturated rings. The van der Waals surface area contributed by atoms with E-state index >= 15 is 0 Å². The van der Waals surface area contributed by atoms with Gasteiger partial charge < -0.3 is 5.32 Å². The Kier molecular flexibility index (Phi) is 8.40. The topological polar surface area (TPSA) is 66.5 Å². The SMILES string of the molecule is Cc1cccc(CCCNC(=O)c2ccc(N(Cc3c(Cl)cccc3Cl)S(C)(=O)=O)cc2)c1. The second-order valence-corrected chi connectivity index (χ2v) is 10.6. The van der Waals surface area contributed by atoms with Crippen molar-refractivity contribution in [2.24, 2.45) is 0 Å². The van der Waals surface area contributed by atoms with Crippen LogP contribution in [0.15, 0.2) is 66.7 Å². The van der Waals surface area contributed by atoms with Gasteiger partial charge in [0.05, 0.1) is 18.5 Å². The van der Waals surface area contributed by atoms with Gasteiger partial charge in [0.2, 0.25) is 10.0 Å². The van der Waals surface area contributed by atoms with Gasteiger partial charge in [-0.25, -0.2) is 8.42 Å². The summed E-state index contributed by atoms with van der Waals surface area (Å²) in [5.74, 6) is -0.203. The van der Waals surface area contributed by atoms with Crippen LogP contribution in [-0.4, -0.2) is 27.1 Å². The first-order valence-electron chi connectivity index (χ1n) is 10.5. The number of nitrogens with one attached hydrogen (secondary N) is 1. The van der Waals surface area contributed by atoms with E-state index < -0.39 is 10.0 Å². The summed E-state index contributed by atoms with van der Waals surface area (Å²) in [5, 5.41) is 3.69. The molecular weight excluding hydrogens is 479 g/mol. The Bertz CT molecular complexity index is 1210. The van der Waals surface area contributed by atoms with Crippen molar-refractivity contribution in [1.29, 1.82) is 0 Å². The summed E-state index contributed by atoms with van der Waals surface area (Å²) < 4.78 is 26.1. The fraction of sp³-hybridized carbons (Fsp3) is 0.240. The molecule has 0 aliphatic carbocycles. The van der Waals surface area contributed by atoms with E-state index in [4.69, 9.17) is 23.2 Å². The molecule has 0 aliphatic rings. The maximum atomic E-state index is 12.5. The van der Waals surface area contributed by atoms with E-state index in [1.165, 1.54) is 15.4 Å². The van der Waals surface area contributed by atoms with Crippen molar-refractivity contribution in [1.82, 2.24) is 5.32 Å². The largest absolute Gasteiger partial charge is 0.352 e. The van der Waals surface area contributed by atoms with Crippen LogP contribution >= 0.6 is 23.2 Å². The highest BCUT2D eigenvalue weighted by Crippen LogP contribution is 2.29. The minimum absolute atomic E-state index is 0.0121. The molecule has 0 atom stereocenters. The zero-order valence-electron chi connectivity index (χ0n) is 18.5. The van der Waals surface area contributed by atoms with E-state index in [9.17, 15) is 13.2 Å². The zero-order valence-corrected chi connectivity index (χ0v) is 20.8.